The standard InChI is InChI=1S/C19H20N4O5/c1-19(2,3)28-18(24)20-11-12-4-6-13(7-5-12)17-21-15-9-8-14(23(26)27)10-16(15)22(17)25/h4-10,25H,11H2,1-3H3,(H,20,24). The lowest BCUT2D eigenvalue weighted by atomic mass is 10.1. The number of alkyl carbamates (subject to hydrolysis) is 1. The van der Waals surface area contributed by atoms with Crippen LogP contribution in [0.25, 0.3) is 22.4 Å². The summed E-state index contributed by atoms with van der Waals surface area (Å²) in [6.07, 6.45) is -0.504. The third-order valence-corrected chi connectivity index (χ3v) is 3.87. The molecule has 1 amide bonds. The van der Waals surface area contributed by atoms with E-state index in [9.17, 15) is 20.1 Å². The number of nitro groups is 1. The number of carbonyl (C=O) groups is 1. The fraction of sp³-hybridized carbons (Fsp3) is 0.263. The van der Waals surface area contributed by atoms with E-state index in [1.165, 1.54) is 18.2 Å². The van der Waals surface area contributed by atoms with Crippen LogP contribution in [0, 0.1) is 10.1 Å². The van der Waals surface area contributed by atoms with E-state index in [-0.39, 0.29) is 23.6 Å². The molecule has 28 heavy (non-hydrogen) atoms. The molecule has 0 aliphatic carbocycles. The van der Waals surface area contributed by atoms with Gasteiger partial charge in [0.15, 0.2) is 5.82 Å². The predicted octanol–water partition coefficient (Wildman–Crippen LogP) is 3.87. The van der Waals surface area contributed by atoms with Crippen LogP contribution in [0.3, 0.4) is 0 Å². The number of nitrogens with one attached hydrogen (secondary N) is 1. The smallest absolute Gasteiger partial charge is 0.407 e. The number of nitrogens with zero attached hydrogens (tertiary/aromatic N) is 3. The van der Waals surface area contributed by atoms with E-state index in [0.717, 1.165) is 10.3 Å². The van der Waals surface area contributed by atoms with Crippen molar-refractivity contribution < 1.29 is 19.7 Å². The van der Waals surface area contributed by atoms with Crippen molar-refractivity contribution in [3.8, 4) is 11.4 Å². The summed E-state index contributed by atoms with van der Waals surface area (Å²) >= 11 is 0. The quantitative estimate of drug-likeness (QED) is 0.400. The number of carbonyl (C=O) groups excluding carboxylic acids is 1. The number of hydrogen-bond acceptors (Lipinski definition) is 6. The minimum absolute atomic E-state index is 0.127. The summed E-state index contributed by atoms with van der Waals surface area (Å²) in [7, 11) is 0. The van der Waals surface area contributed by atoms with Crippen LogP contribution in [-0.4, -0.2) is 31.5 Å². The molecule has 0 aliphatic rings. The second-order valence-corrected chi connectivity index (χ2v) is 7.23. The summed E-state index contributed by atoms with van der Waals surface area (Å²) in [5.41, 5.74) is 1.47. The first-order valence-corrected chi connectivity index (χ1v) is 8.56. The molecule has 0 aliphatic heterocycles. The van der Waals surface area contributed by atoms with Gasteiger partial charge in [0.2, 0.25) is 0 Å². The molecule has 9 nitrogen and oxygen atoms in total. The number of amides is 1. The molecule has 9 heteroatoms. The number of non-ortho nitro benzene ring substituents is 1. The number of hydrogen-bond donors (Lipinski definition) is 2. The van der Waals surface area contributed by atoms with Crippen LogP contribution in [0.2, 0.25) is 0 Å². The molecule has 1 aromatic heterocycles. The Labute approximate surface area is 160 Å². The van der Waals surface area contributed by atoms with Crippen LogP contribution >= 0.6 is 0 Å². The number of fused-ring (bicyclic) bond motifs is 1. The van der Waals surface area contributed by atoms with E-state index < -0.39 is 16.6 Å². The van der Waals surface area contributed by atoms with Gasteiger partial charge in [0.1, 0.15) is 11.1 Å². The van der Waals surface area contributed by atoms with E-state index >= 15 is 0 Å². The third-order valence-electron chi connectivity index (χ3n) is 3.87. The molecule has 3 aromatic rings. The lowest BCUT2D eigenvalue weighted by molar-refractivity contribution is -0.384. The Balaban J connectivity index is 1.77. The highest BCUT2D eigenvalue weighted by Crippen LogP contribution is 2.26. The van der Waals surface area contributed by atoms with Gasteiger partial charge in [-0.3, -0.25) is 10.1 Å². The highest BCUT2D eigenvalue weighted by atomic mass is 16.6. The maximum absolute atomic E-state index is 11.7. The first kappa shape index (κ1) is 19.2. The first-order chi connectivity index (χ1) is 13.1. The molecule has 0 saturated carbocycles. The minimum atomic E-state index is -0.566. The topological polar surface area (TPSA) is 120 Å². The number of benzene rings is 2. The fourth-order valence-electron chi connectivity index (χ4n) is 2.61. The second-order valence-electron chi connectivity index (χ2n) is 7.23. The van der Waals surface area contributed by atoms with E-state index in [1.807, 2.05) is 0 Å². The van der Waals surface area contributed by atoms with Crippen LogP contribution in [0.1, 0.15) is 26.3 Å². The summed E-state index contributed by atoms with van der Waals surface area (Å²) in [5, 5.41) is 23.9. The van der Waals surface area contributed by atoms with Crippen molar-refractivity contribution in [2.24, 2.45) is 0 Å². The highest BCUT2D eigenvalue weighted by Gasteiger charge is 2.17. The van der Waals surface area contributed by atoms with Crippen molar-refractivity contribution in [2.45, 2.75) is 32.9 Å². The molecule has 0 unspecified atom stereocenters. The molecule has 2 N–H and O–H groups in total. The van der Waals surface area contributed by atoms with Crippen molar-refractivity contribution in [2.75, 3.05) is 0 Å². The van der Waals surface area contributed by atoms with Gasteiger partial charge in [0, 0.05) is 24.2 Å². The summed E-state index contributed by atoms with van der Waals surface area (Å²) in [6.45, 7) is 5.65. The monoisotopic (exact) mass is 384 g/mol. The summed E-state index contributed by atoms with van der Waals surface area (Å²) in [5.74, 6) is 0.266. The van der Waals surface area contributed by atoms with Gasteiger partial charge in [-0.2, -0.15) is 4.73 Å². The third kappa shape index (κ3) is 4.20. The maximum Gasteiger partial charge on any atom is 0.407 e. The Morgan fingerprint density at radius 2 is 1.93 bits per heavy atom. The molecule has 3 rings (SSSR count). The van der Waals surface area contributed by atoms with Gasteiger partial charge in [-0.05, 0) is 32.4 Å². The number of ether oxygens (including phenoxy) is 1. The molecule has 0 bridgehead atoms. The minimum Gasteiger partial charge on any atom is -0.444 e. The van der Waals surface area contributed by atoms with Gasteiger partial charge in [-0.15, -0.1) is 0 Å². The first-order valence-electron chi connectivity index (χ1n) is 8.56. The Morgan fingerprint density at radius 1 is 1.25 bits per heavy atom. The van der Waals surface area contributed by atoms with Crippen molar-refractivity contribution in [3.05, 3.63) is 58.1 Å². The summed E-state index contributed by atoms with van der Waals surface area (Å²) < 4.78 is 6.01. The maximum atomic E-state index is 11.7. The largest absolute Gasteiger partial charge is 0.444 e. The van der Waals surface area contributed by atoms with Crippen LogP contribution in [0.4, 0.5) is 10.5 Å². The number of imidazole rings is 1. The molecule has 2 aromatic carbocycles. The average Bonchev–Trinajstić information content (AvgIpc) is 2.95. The molecule has 1 heterocycles. The lowest BCUT2D eigenvalue weighted by Gasteiger charge is -2.19. The zero-order chi connectivity index (χ0) is 20.5. The van der Waals surface area contributed by atoms with Gasteiger partial charge in [0.05, 0.1) is 10.4 Å². The average molecular weight is 384 g/mol. The SMILES string of the molecule is CC(C)(C)OC(=O)NCc1ccc(-c2nc3ccc([N+](=O)[O-])cc3n2O)cc1. The Hall–Kier alpha value is -3.62. The van der Waals surface area contributed by atoms with Crippen LogP contribution in [0.5, 0.6) is 0 Å². The van der Waals surface area contributed by atoms with Crippen molar-refractivity contribution in [1.82, 2.24) is 15.0 Å². The lowest BCUT2D eigenvalue weighted by Crippen LogP contribution is -2.32. The molecule has 146 valence electrons. The summed E-state index contributed by atoms with van der Waals surface area (Å²) in [6, 6.07) is 11.2. The fourth-order valence-corrected chi connectivity index (χ4v) is 2.61. The molecular formula is C19H20N4O5. The van der Waals surface area contributed by atoms with Gasteiger partial charge in [0.25, 0.3) is 5.69 Å². The number of aromatic nitrogens is 2. The van der Waals surface area contributed by atoms with Crippen LogP contribution in [0.15, 0.2) is 42.5 Å². The Bertz CT molecular complexity index is 1030. The zero-order valence-corrected chi connectivity index (χ0v) is 15.7. The Morgan fingerprint density at radius 3 is 2.54 bits per heavy atom. The predicted molar refractivity (Wildman–Crippen MR) is 102 cm³/mol. The van der Waals surface area contributed by atoms with E-state index in [0.29, 0.717) is 11.1 Å². The van der Waals surface area contributed by atoms with Gasteiger partial charge >= 0.3 is 6.09 Å². The molecular weight excluding hydrogens is 364 g/mol. The highest BCUT2D eigenvalue weighted by molar-refractivity contribution is 5.82. The summed E-state index contributed by atoms with van der Waals surface area (Å²) in [4.78, 5) is 26.4. The van der Waals surface area contributed by atoms with Gasteiger partial charge in [-0.1, -0.05) is 24.3 Å². The molecule has 0 spiro atoms. The Kier molecular flexibility index (Phi) is 4.91. The normalized spacial score (nSPS) is 11.4. The molecule has 0 saturated heterocycles. The van der Waals surface area contributed by atoms with Crippen LogP contribution in [-0.2, 0) is 11.3 Å². The van der Waals surface area contributed by atoms with Crippen molar-refractivity contribution in [3.63, 3.8) is 0 Å². The number of nitro benzene ring substituents is 1. The van der Waals surface area contributed by atoms with Crippen LogP contribution < -0.4 is 5.32 Å². The number of rotatable bonds is 4. The second kappa shape index (κ2) is 7.18. The van der Waals surface area contributed by atoms with E-state index in [4.69, 9.17) is 4.74 Å². The van der Waals surface area contributed by atoms with E-state index in [1.54, 1.807) is 45.0 Å². The zero-order valence-electron chi connectivity index (χ0n) is 15.7. The van der Waals surface area contributed by atoms with E-state index in [2.05, 4.69) is 10.3 Å². The van der Waals surface area contributed by atoms with Crippen molar-refractivity contribution in [1.29, 1.82) is 0 Å². The van der Waals surface area contributed by atoms with Gasteiger partial charge < -0.3 is 15.3 Å². The molecule has 0 radical (unpaired) electrons. The molecule has 0 fully saturated rings. The van der Waals surface area contributed by atoms with Gasteiger partial charge in [-0.25, -0.2) is 9.78 Å². The molecule has 0 atom stereocenters. The van der Waals surface area contributed by atoms with Crippen molar-refractivity contribution >= 4 is 22.8 Å².